The predicted octanol–water partition coefficient (Wildman–Crippen LogP) is 1.44. The Kier molecular flexibility index (Phi) is 4.95. The Morgan fingerprint density at radius 1 is 1.18 bits per heavy atom. The molecular formula is C16H18N2O4. The maximum absolute atomic E-state index is 12.2. The highest BCUT2D eigenvalue weighted by Gasteiger charge is 2.17. The Labute approximate surface area is 128 Å². The lowest BCUT2D eigenvalue weighted by Crippen LogP contribution is -2.30. The van der Waals surface area contributed by atoms with Crippen LogP contribution in [0.25, 0.3) is 0 Å². The Morgan fingerprint density at radius 2 is 1.82 bits per heavy atom. The van der Waals surface area contributed by atoms with E-state index >= 15 is 0 Å². The monoisotopic (exact) mass is 302 g/mol. The molecule has 0 saturated heterocycles. The molecule has 6 heteroatoms. The maximum Gasteiger partial charge on any atom is 0.253 e. The largest absolute Gasteiger partial charge is 0.467 e. The number of hydrogen-bond donors (Lipinski definition) is 2. The van der Waals surface area contributed by atoms with Crippen LogP contribution in [0.15, 0.2) is 47.1 Å². The van der Waals surface area contributed by atoms with E-state index in [2.05, 4.69) is 5.32 Å². The van der Waals surface area contributed by atoms with Crippen molar-refractivity contribution >= 4 is 11.8 Å². The Balaban J connectivity index is 2.08. The molecule has 1 atom stereocenters. The van der Waals surface area contributed by atoms with Gasteiger partial charge in [-0.05, 0) is 36.4 Å². The average molecular weight is 302 g/mol. The van der Waals surface area contributed by atoms with E-state index in [1.54, 1.807) is 50.5 Å². The molecule has 0 bridgehead atoms. The lowest BCUT2D eigenvalue weighted by atomic mass is 10.1. The van der Waals surface area contributed by atoms with Crippen molar-refractivity contribution in [2.75, 3.05) is 20.7 Å². The summed E-state index contributed by atoms with van der Waals surface area (Å²) in [7, 11) is 3.33. The molecule has 1 aromatic heterocycles. The number of nitrogens with zero attached hydrogens (tertiary/aromatic N) is 1. The zero-order chi connectivity index (χ0) is 16.1. The van der Waals surface area contributed by atoms with Crippen molar-refractivity contribution < 1.29 is 19.1 Å². The summed E-state index contributed by atoms with van der Waals surface area (Å²) in [5.74, 6) is 0.00494. The molecule has 0 aliphatic rings. The molecule has 0 aliphatic heterocycles. The van der Waals surface area contributed by atoms with Crippen molar-refractivity contribution in [3.8, 4) is 0 Å². The standard InChI is InChI=1S/C16H18N2O4/c1-18(2)16(21)12-7-5-11(6-8-12)15(20)17-13(10-19)14-4-3-9-22-14/h3-9,13,19H,10H2,1-2H3,(H,17,20). The second kappa shape index (κ2) is 6.91. The molecule has 0 saturated carbocycles. The molecule has 1 heterocycles. The van der Waals surface area contributed by atoms with Crippen LogP contribution in [0.2, 0.25) is 0 Å². The normalized spacial score (nSPS) is 11.8. The molecule has 6 nitrogen and oxygen atoms in total. The second-order valence-corrected chi connectivity index (χ2v) is 5.00. The van der Waals surface area contributed by atoms with Crippen molar-refractivity contribution in [3.63, 3.8) is 0 Å². The van der Waals surface area contributed by atoms with Gasteiger partial charge in [-0.2, -0.15) is 0 Å². The van der Waals surface area contributed by atoms with Gasteiger partial charge in [0.25, 0.3) is 11.8 Å². The van der Waals surface area contributed by atoms with Crippen molar-refractivity contribution in [1.29, 1.82) is 0 Å². The first-order valence-electron chi connectivity index (χ1n) is 6.79. The third-order valence-electron chi connectivity index (χ3n) is 3.17. The van der Waals surface area contributed by atoms with Gasteiger partial charge in [0.05, 0.1) is 12.9 Å². The number of carbonyl (C=O) groups is 2. The van der Waals surface area contributed by atoms with Gasteiger partial charge >= 0.3 is 0 Å². The zero-order valence-corrected chi connectivity index (χ0v) is 12.4. The van der Waals surface area contributed by atoms with E-state index in [4.69, 9.17) is 4.42 Å². The van der Waals surface area contributed by atoms with Crippen LogP contribution in [0.1, 0.15) is 32.5 Å². The van der Waals surface area contributed by atoms with Crippen LogP contribution in [0.3, 0.4) is 0 Å². The molecular weight excluding hydrogens is 284 g/mol. The summed E-state index contributed by atoms with van der Waals surface area (Å²) in [6, 6.07) is 9.10. The molecule has 2 amide bonds. The first-order valence-corrected chi connectivity index (χ1v) is 6.79. The predicted molar refractivity (Wildman–Crippen MR) is 80.5 cm³/mol. The molecule has 2 aromatic rings. The van der Waals surface area contributed by atoms with Crippen LogP contribution < -0.4 is 5.32 Å². The Morgan fingerprint density at radius 3 is 2.32 bits per heavy atom. The van der Waals surface area contributed by atoms with Gasteiger partial charge in [-0.15, -0.1) is 0 Å². The highest BCUT2D eigenvalue weighted by atomic mass is 16.3. The van der Waals surface area contributed by atoms with E-state index in [0.29, 0.717) is 16.9 Å². The van der Waals surface area contributed by atoms with Gasteiger partial charge in [0.15, 0.2) is 0 Å². The van der Waals surface area contributed by atoms with Gasteiger partial charge < -0.3 is 19.7 Å². The fourth-order valence-electron chi connectivity index (χ4n) is 1.96. The number of hydrogen-bond acceptors (Lipinski definition) is 4. The van der Waals surface area contributed by atoms with Crippen LogP contribution in [-0.2, 0) is 0 Å². The van der Waals surface area contributed by atoms with Gasteiger partial charge in [0.1, 0.15) is 11.8 Å². The van der Waals surface area contributed by atoms with Crippen molar-refractivity contribution in [2.24, 2.45) is 0 Å². The summed E-state index contributed by atoms with van der Waals surface area (Å²) in [4.78, 5) is 25.4. The smallest absolute Gasteiger partial charge is 0.253 e. The number of rotatable bonds is 5. The molecule has 0 spiro atoms. The minimum absolute atomic E-state index is 0.129. The molecule has 0 aliphatic carbocycles. The van der Waals surface area contributed by atoms with Gasteiger partial charge in [0, 0.05) is 25.2 Å². The van der Waals surface area contributed by atoms with Gasteiger partial charge in [-0.1, -0.05) is 0 Å². The Hall–Kier alpha value is -2.60. The van der Waals surface area contributed by atoms with Gasteiger partial charge in [-0.3, -0.25) is 9.59 Å². The lowest BCUT2D eigenvalue weighted by Gasteiger charge is -2.14. The first kappa shape index (κ1) is 15.8. The number of carbonyl (C=O) groups excluding carboxylic acids is 2. The molecule has 1 unspecified atom stereocenters. The van der Waals surface area contributed by atoms with Crippen molar-refractivity contribution in [2.45, 2.75) is 6.04 Å². The summed E-state index contributed by atoms with van der Waals surface area (Å²) in [5, 5.41) is 12.0. The number of furan rings is 1. The average Bonchev–Trinajstić information content (AvgIpc) is 3.06. The fraction of sp³-hybridized carbons (Fsp3) is 0.250. The first-order chi connectivity index (χ1) is 10.5. The van der Waals surface area contributed by atoms with Gasteiger partial charge in [0.2, 0.25) is 0 Å². The fourth-order valence-corrected chi connectivity index (χ4v) is 1.96. The van der Waals surface area contributed by atoms with E-state index in [1.165, 1.54) is 11.2 Å². The van der Waals surface area contributed by atoms with Crippen LogP contribution in [0.5, 0.6) is 0 Å². The third kappa shape index (κ3) is 3.53. The quantitative estimate of drug-likeness (QED) is 0.875. The minimum atomic E-state index is -0.606. The van der Waals surface area contributed by atoms with E-state index in [9.17, 15) is 14.7 Å². The summed E-state index contributed by atoms with van der Waals surface area (Å²) < 4.78 is 5.18. The molecule has 22 heavy (non-hydrogen) atoms. The molecule has 1 aromatic carbocycles. The molecule has 0 radical (unpaired) electrons. The molecule has 0 fully saturated rings. The van der Waals surface area contributed by atoms with Crippen LogP contribution in [0, 0.1) is 0 Å². The number of aliphatic hydroxyl groups is 1. The summed E-state index contributed by atoms with van der Waals surface area (Å²) >= 11 is 0. The summed E-state index contributed by atoms with van der Waals surface area (Å²) in [6.45, 7) is -0.267. The van der Waals surface area contributed by atoms with Gasteiger partial charge in [-0.25, -0.2) is 0 Å². The highest BCUT2D eigenvalue weighted by molar-refractivity contribution is 5.97. The third-order valence-corrected chi connectivity index (χ3v) is 3.17. The highest BCUT2D eigenvalue weighted by Crippen LogP contribution is 2.14. The molecule has 116 valence electrons. The van der Waals surface area contributed by atoms with E-state index in [0.717, 1.165) is 0 Å². The van der Waals surface area contributed by atoms with Crippen molar-refractivity contribution in [3.05, 3.63) is 59.5 Å². The SMILES string of the molecule is CN(C)C(=O)c1ccc(C(=O)NC(CO)c2ccco2)cc1. The number of benzene rings is 1. The number of nitrogens with one attached hydrogen (secondary N) is 1. The lowest BCUT2D eigenvalue weighted by molar-refractivity contribution is 0.0826. The van der Waals surface area contributed by atoms with Crippen LogP contribution >= 0.6 is 0 Å². The minimum Gasteiger partial charge on any atom is -0.467 e. The van der Waals surface area contributed by atoms with E-state index < -0.39 is 6.04 Å². The topological polar surface area (TPSA) is 82.8 Å². The van der Waals surface area contributed by atoms with E-state index in [-0.39, 0.29) is 18.4 Å². The molecule has 2 rings (SSSR count). The summed E-state index contributed by atoms with van der Waals surface area (Å²) in [5.41, 5.74) is 0.909. The van der Waals surface area contributed by atoms with Crippen LogP contribution in [-0.4, -0.2) is 42.5 Å². The summed E-state index contributed by atoms with van der Waals surface area (Å²) in [6.07, 6.45) is 1.48. The van der Waals surface area contributed by atoms with Crippen molar-refractivity contribution in [1.82, 2.24) is 10.2 Å². The van der Waals surface area contributed by atoms with E-state index in [1.807, 2.05) is 0 Å². The zero-order valence-electron chi connectivity index (χ0n) is 12.4. The van der Waals surface area contributed by atoms with Crippen LogP contribution in [0.4, 0.5) is 0 Å². The molecule has 2 N–H and O–H groups in total. The Bertz CT molecular complexity index is 633. The number of aliphatic hydroxyl groups excluding tert-OH is 1. The maximum atomic E-state index is 12.2. The number of amides is 2. The second-order valence-electron chi connectivity index (χ2n) is 5.00.